The second-order valence-electron chi connectivity index (χ2n) is 6.20. The number of aryl methyl sites for hydroxylation is 1. The summed E-state index contributed by atoms with van der Waals surface area (Å²) >= 11 is 0. The third kappa shape index (κ3) is 6.00. The minimum Gasteiger partial charge on any atom is -0.481 e. The first-order chi connectivity index (χ1) is 12.1. The molecule has 0 saturated carbocycles. The summed E-state index contributed by atoms with van der Waals surface area (Å²) < 4.78 is 5.34. The van der Waals surface area contributed by atoms with Gasteiger partial charge in [0.2, 0.25) is 5.91 Å². The lowest BCUT2D eigenvalue weighted by Crippen LogP contribution is -2.26. The number of nitrogens with one attached hydrogen (secondary N) is 1. The van der Waals surface area contributed by atoms with Gasteiger partial charge in [0, 0.05) is 13.0 Å². The molecule has 0 aliphatic rings. The van der Waals surface area contributed by atoms with Crippen molar-refractivity contribution >= 4 is 5.91 Å². The largest absolute Gasteiger partial charge is 0.481 e. The first kappa shape index (κ1) is 18.6. The van der Waals surface area contributed by atoms with Crippen LogP contribution in [0.3, 0.4) is 0 Å². The molecule has 3 heteroatoms. The van der Waals surface area contributed by atoms with Crippen molar-refractivity contribution in [3.8, 4) is 18.1 Å². The number of amides is 1. The van der Waals surface area contributed by atoms with Crippen molar-refractivity contribution in [2.75, 3.05) is 13.2 Å². The van der Waals surface area contributed by atoms with Gasteiger partial charge in [0.05, 0.1) is 0 Å². The van der Waals surface area contributed by atoms with Crippen molar-refractivity contribution < 1.29 is 9.53 Å². The second kappa shape index (κ2) is 9.54. The number of hydrogen-bond donors (Lipinski definition) is 1. The van der Waals surface area contributed by atoms with Crippen LogP contribution in [-0.2, 0) is 11.2 Å². The first-order valence-corrected chi connectivity index (χ1v) is 8.57. The molecule has 0 aromatic heterocycles. The summed E-state index contributed by atoms with van der Waals surface area (Å²) in [6, 6.07) is 16.0. The van der Waals surface area contributed by atoms with Crippen molar-refractivity contribution in [2.24, 2.45) is 0 Å². The van der Waals surface area contributed by atoms with Crippen LogP contribution in [0.1, 0.15) is 36.0 Å². The fourth-order valence-electron chi connectivity index (χ4n) is 2.82. The third-order valence-corrected chi connectivity index (χ3v) is 4.19. The fraction of sp³-hybridized carbons (Fsp3) is 0.318. The standard InChI is InChI=1S/C22H25NO2/c1-4-15-25-20-11-9-19(10-12-20)13-14-23-22(24)16-18(3)21-8-6-5-7-17(21)2/h1,5-12,18H,13-16H2,2-3H3,(H,23,24). The molecule has 2 aromatic rings. The molecule has 0 heterocycles. The van der Waals surface area contributed by atoms with E-state index in [0.29, 0.717) is 13.0 Å². The predicted octanol–water partition coefficient (Wildman–Crippen LogP) is 3.86. The summed E-state index contributed by atoms with van der Waals surface area (Å²) in [4.78, 5) is 12.2. The molecule has 0 aliphatic heterocycles. The molecule has 1 N–H and O–H groups in total. The first-order valence-electron chi connectivity index (χ1n) is 8.57. The zero-order chi connectivity index (χ0) is 18.1. The number of terminal acetylenes is 1. The Labute approximate surface area is 150 Å². The van der Waals surface area contributed by atoms with Crippen molar-refractivity contribution in [1.82, 2.24) is 5.32 Å². The summed E-state index contributed by atoms with van der Waals surface area (Å²) in [6.07, 6.45) is 6.46. The van der Waals surface area contributed by atoms with Gasteiger partial charge in [-0.05, 0) is 48.1 Å². The molecule has 2 aromatic carbocycles. The van der Waals surface area contributed by atoms with E-state index >= 15 is 0 Å². The summed E-state index contributed by atoms with van der Waals surface area (Å²) in [7, 11) is 0. The topological polar surface area (TPSA) is 38.3 Å². The molecule has 1 atom stereocenters. The molecule has 25 heavy (non-hydrogen) atoms. The number of rotatable bonds is 8. The monoisotopic (exact) mass is 335 g/mol. The van der Waals surface area contributed by atoms with Crippen LogP contribution in [0.5, 0.6) is 5.75 Å². The highest BCUT2D eigenvalue weighted by molar-refractivity contribution is 5.76. The van der Waals surface area contributed by atoms with Crippen LogP contribution in [-0.4, -0.2) is 19.1 Å². The highest BCUT2D eigenvalue weighted by Crippen LogP contribution is 2.22. The molecular weight excluding hydrogens is 310 g/mol. The number of ether oxygens (including phenoxy) is 1. The van der Waals surface area contributed by atoms with Gasteiger partial charge in [-0.25, -0.2) is 0 Å². The van der Waals surface area contributed by atoms with Gasteiger partial charge in [-0.15, -0.1) is 6.42 Å². The van der Waals surface area contributed by atoms with E-state index in [1.54, 1.807) is 0 Å². The van der Waals surface area contributed by atoms with Crippen molar-refractivity contribution in [3.63, 3.8) is 0 Å². The van der Waals surface area contributed by atoms with Gasteiger partial charge in [-0.1, -0.05) is 49.2 Å². The summed E-state index contributed by atoms with van der Waals surface area (Å²) in [5.74, 6) is 3.50. The van der Waals surface area contributed by atoms with E-state index in [2.05, 4.69) is 37.2 Å². The van der Waals surface area contributed by atoms with Gasteiger partial charge in [0.25, 0.3) is 0 Å². The molecule has 0 bridgehead atoms. The van der Waals surface area contributed by atoms with Crippen LogP contribution < -0.4 is 10.1 Å². The molecular formula is C22H25NO2. The highest BCUT2D eigenvalue weighted by atomic mass is 16.5. The number of carbonyl (C=O) groups is 1. The zero-order valence-electron chi connectivity index (χ0n) is 14.9. The third-order valence-electron chi connectivity index (χ3n) is 4.19. The Morgan fingerprint density at radius 2 is 1.92 bits per heavy atom. The number of carbonyl (C=O) groups excluding carboxylic acids is 1. The summed E-state index contributed by atoms with van der Waals surface area (Å²) in [5.41, 5.74) is 3.62. The van der Waals surface area contributed by atoms with Gasteiger partial charge in [0.1, 0.15) is 12.4 Å². The fourth-order valence-corrected chi connectivity index (χ4v) is 2.82. The lowest BCUT2D eigenvalue weighted by Gasteiger charge is -2.14. The predicted molar refractivity (Wildman–Crippen MR) is 102 cm³/mol. The van der Waals surface area contributed by atoms with E-state index in [1.165, 1.54) is 11.1 Å². The summed E-state index contributed by atoms with van der Waals surface area (Å²) in [6.45, 7) is 5.08. The van der Waals surface area contributed by atoms with Crippen LogP contribution in [0.2, 0.25) is 0 Å². The quantitative estimate of drug-likeness (QED) is 0.744. The highest BCUT2D eigenvalue weighted by Gasteiger charge is 2.12. The van der Waals surface area contributed by atoms with Gasteiger partial charge in [-0.3, -0.25) is 4.79 Å². The normalized spacial score (nSPS) is 11.4. The Kier molecular flexibility index (Phi) is 7.10. The molecule has 3 nitrogen and oxygen atoms in total. The van der Waals surface area contributed by atoms with E-state index in [0.717, 1.165) is 17.7 Å². The van der Waals surface area contributed by atoms with Crippen LogP contribution in [0.4, 0.5) is 0 Å². The molecule has 1 amide bonds. The van der Waals surface area contributed by atoms with E-state index in [4.69, 9.17) is 11.2 Å². The molecule has 0 saturated heterocycles. The SMILES string of the molecule is C#CCOc1ccc(CCNC(=O)CC(C)c2ccccc2C)cc1. The molecule has 0 aliphatic carbocycles. The number of hydrogen-bond acceptors (Lipinski definition) is 2. The Morgan fingerprint density at radius 1 is 1.20 bits per heavy atom. The second-order valence-corrected chi connectivity index (χ2v) is 6.20. The maximum Gasteiger partial charge on any atom is 0.220 e. The number of benzene rings is 2. The molecule has 130 valence electrons. The van der Waals surface area contributed by atoms with Crippen molar-refractivity contribution in [3.05, 3.63) is 65.2 Å². The lowest BCUT2D eigenvalue weighted by atomic mass is 9.93. The van der Waals surface area contributed by atoms with E-state index in [1.807, 2.05) is 36.4 Å². The Morgan fingerprint density at radius 3 is 2.60 bits per heavy atom. The smallest absolute Gasteiger partial charge is 0.220 e. The van der Waals surface area contributed by atoms with Crippen LogP contribution in [0, 0.1) is 19.3 Å². The minimum atomic E-state index is 0.0877. The Hall–Kier alpha value is -2.73. The van der Waals surface area contributed by atoms with E-state index in [9.17, 15) is 4.79 Å². The molecule has 0 radical (unpaired) electrons. The van der Waals surface area contributed by atoms with Gasteiger partial charge in [-0.2, -0.15) is 0 Å². The summed E-state index contributed by atoms with van der Waals surface area (Å²) in [5, 5.41) is 3.00. The van der Waals surface area contributed by atoms with Gasteiger partial charge in [0.15, 0.2) is 0 Å². The van der Waals surface area contributed by atoms with Gasteiger partial charge >= 0.3 is 0 Å². The minimum absolute atomic E-state index is 0.0877. The van der Waals surface area contributed by atoms with Crippen LogP contribution >= 0.6 is 0 Å². The van der Waals surface area contributed by atoms with E-state index < -0.39 is 0 Å². The average Bonchev–Trinajstić information content (AvgIpc) is 2.61. The lowest BCUT2D eigenvalue weighted by molar-refractivity contribution is -0.121. The van der Waals surface area contributed by atoms with Crippen LogP contribution in [0.25, 0.3) is 0 Å². The Balaban J connectivity index is 1.75. The Bertz CT molecular complexity index is 728. The van der Waals surface area contributed by atoms with Gasteiger partial charge < -0.3 is 10.1 Å². The zero-order valence-corrected chi connectivity index (χ0v) is 14.9. The molecule has 0 spiro atoms. The van der Waals surface area contributed by atoms with Crippen molar-refractivity contribution in [1.29, 1.82) is 0 Å². The maximum atomic E-state index is 12.2. The molecule has 0 fully saturated rings. The van der Waals surface area contributed by atoms with E-state index in [-0.39, 0.29) is 18.4 Å². The maximum absolute atomic E-state index is 12.2. The average molecular weight is 335 g/mol. The molecule has 1 unspecified atom stereocenters. The van der Waals surface area contributed by atoms with Crippen molar-refractivity contribution in [2.45, 2.75) is 32.6 Å². The van der Waals surface area contributed by atoms with Crippen LogP contribution in [0.15, 0.2) is 48.5 Å². The molecule has 2 rings (SSSR count).